The summed E-state index contributed by atoms with van der Waals surface area (Å²) >= 11 is 0. The molecule has 134 valence electrons. The molecule has 0 spiro atoms. The van der Waals surface area contributed by atoms with E-state index in [1.807, 2.05) is 23.1 Å². The molecule has 1 aliphatic heterocycles. The van der Waals surface area contributed by atoms with Gasteiger partial charge in [-0.3, -0.25) is 9.69 Å². The molecular weight excluding hydrogens is 304 g/mol. The molecule has 0 aliphatic carbocycles. The van der Waals surface area contributed by atoms with Gasteiger partial charge in [0.2, 0.25) is 5.91 Å². The fraction of sp³-hybridized carbons (Fsp3) is 0.632. The van der Waals surface area contributed by atoms with Crippen LogP contribution in [0.3, 0.4) is 0 Å². The topological polar surface area (TPSA) is 42.0 Å². The van der Waals surface area contributed by atoms with Crippen LogP contribution in [0.1, 0.15) is 32.3 Å². The maximum atomic E-state index is 12.2. The summed E-state index contributed by atoms with van der Waals surface area (Å²) in [6.45, 7) is 8.54. The van der Waals surface area contributed by atoms with E-state index >= 15 is 0 Å². The molecule has 5 heteroatoms. The molecule has 1 aliphatic rings. The van der Waals surface area contributed by atoms with Gasteiger partial charge in [-0.05, 0) is 30.5 Å². The third-order valence-electron chi connectivity index (χ3n) is 4.54. The molecule has 0 saturated carbocycles. The van der Waals surface area contributed by atoms with Crippen molar-refractivity contribution < 1.29 is 14.3 Å². The van der Waals surface area contributed by atoms with Gasteiger partial charge in [0.15, 0.2) is 0 Å². The lowest BCUT2D eigenvalue weighted by Crippen LogP contribution is -2.48. The first kappa shape index (κ1) is 18.6. The Bertz CT molecular complexity index is 537. The average molecular weight is 334 g/mol. The maximum absolute atomic E-state index is 12.2. The third kappa shape index (κ3) is 5.13. The van der Waals surface area contributed by atoms with Crippen molar-refractivity contribution >= 4 is 5.91 Å². The molecule has 1 aromatic carbocycles. The van der Waals surface area contributed by atoms with Crippen molar-refractivity contribution in [3.05, 3.63) is 23.8 Å². The lowest BCUT2D eigenvalue weighted by molar-refractivity contribution is -0.133. The van der Waals surface area contributed by atoms with Crippen LogP contribution < -0.4 is 9.47 Å². The van der Waals surface area contributed by atoms with Gasteiger partial charge in [0, 0.05) is 44.7 Å². The van der Waals surface area contributed by atoms with E-state index in [1.165, 1.54) is 0 Å². The molecule has 0 bridgehead atoms. The molecule has 0 aromatic heterocycles. The Balaban J connectivity index is 1.88. The van der Waals surface area contributed by atoms with Crippen LogP contribution in [0, 0.1) is 5.92 Å². The van der Waals surface area contributed by atoms with Gasteiger partial charge in [-0.1, -0.05) is 13.8 Å². The number of hydrogen-bond donors (Lipinski definition) is 0. The number of piperazine rings is 1. The van der Waals surface area contributed by atoms with Gasteiger partial charge < -0.3 is 14.4 Å². The first-order valence-electron chi connectivity index (χ1n) is 8.74. The summed E-state index contributed by atoms with van der Waals surface area (Å²) in [5.74, 6) is 2.60. The molecule has 0 radical (unpaired) electrons. The highest BCUT2D eigenvalue weighted by Crippen LogP contribution is 2.25. The molecule has 1 amide bonds. The van der Waals surface area contributed by atoms with Crippen LogP contribution in [0.4, 0.5) is 0 Å². The molecule has 1 heterocycles. The van der Waals surface area contributed by atoms with E-state index in [9.17, 15) is 4.79 Å². The zero-order chi connectivity index (χ0) is 17.5. The Hall–Kier alpha value is -1.75. The Labute approximate surface area is 145 Å². The number of carbonyl (C=O) groups is 1. The van der Waals surface area contributed by atoms with E-state index in [0.29, 0.717) is 18.2 Å². The Morgan fingerprint density at radius 3 is 2.42 bits per heavy atom. The summed E-state index contributed by atoms with van der Waals surface area (Å²) < 4.78 is 10.8. The van der Waals surface area contributed by atoms with Gasteiger partial charge in [0.05, 0.1) is 14.2 Å². The Morgan fingerprint density at radius 1 is 1.12 bits per heavy atom. The molecule has 1 fully saturated rings. The summed E-state index contributed by atoms with van der Waals surface area (Å²) in [5, 5.41) is 0. The molecule has 5 nitrogen and oxygen atoms in total. The quantitative estimate of drug-likeness (QED) is 0.769. The van der Waals surface area contributed by atoms with Crippen molar-refractivity contribution in [2.75, 3.05) is 40.4 Å². The minimum Gasteiger partial charge on any atom is -0.497 e. The lowest BCUT2D eigenvalue weighted by atomic mass is 10.1. The van der Waals surface area contributed by atoms with Crippen LogP contribution in [0.15, 0.2) is 18.2 Å². The molecule has 0 atom stereocenters. The van der Waals surface area contributed by atoms with Crippen molar-refractivity contribution in [2.24, 2.45) is 5.92 Å². The molecule has 0 N–H and O–H groups in total. The van der Waals surface area contributed by atoms with Crippen LogP contribution in [0.25, 0.3) is 0 Å². The first-order chi connectivity index (χ1) is 11.5. The number of hydrogen-bond acceptors (Lipinski definition) is 4. The summed E-state index contributed by atoms with van der Waals surface area (Å²) in [6, 6.07) is 5.88. The van der Waals surface area contributed by atoms with Crippen molar-refractivity contribution in [1.82, 2.24) is 9.80 Å². The summed E-state index contributed by atoms with van der Waals surface area (Å²) in [6.07, 6.45) is 1.64. The van der Waals surface area contributed by atoms with Gasteiger partial charge in [-0.2, -0.15) is 0 Å². The number of ether oxygens (including phenoxy) is 2. The predicted octanol–water partition coefficient (Wildman–Crippen LogP) is 2.78. The highest BCUT2D eigenvalue weighted by molar-refractivity contribution is 5.76. The minimum atomic E-state index is 0.294. The molecule has 2 rings (SSSR count). The third-order valence-corrected chi connectivity index (χ3v) is 4.54. The molecule has 24 heavy (non-hydrogen) atoms. The van der Waals surface area contributed by atoms with Crippen molar-refractivity contribution in [1.29, 1.82) is 0 Å². The smallest absolute Gasteiger partial charge is 0.222 e. The number of amides is 1. The fourth-order valence-corrected chi connectivity index (χ4v) is 2.97. The van der Waals surface area contributed by atoms with Gasteiger partial charge in [0.25, 0.3) is 0 Å². The van der Waals surface area contributed by atoms with Gasteiger partial charge in [0.1, 0.15) is 11.5 Å². The van der Waals surface area contributed by atoms with Crippen LogP contribution in [-0.2, 0) is 11.3 Å². The molecule has 1 aromatic rings. The monoisotopic (exact) mass is 334 g/mol. The number of carbonyl (C=O) groups excluding carboxylic acids is 1. The zero-order valence-electron chi connectivity index (χ0n) is 15.4. The lowest BCUT2D eigenvalue weighted by Gasteiger charge is -2.35. The van der Waals surface area contributed by atoms with E-state index in [-0.39, 0.29) is 0 Å². The largest absolute Gasteiger partial charge is 0.497 e. The second-order valence-electron chi connectivity index (χ2n) is 6.77. The van der Waals surface area contributed by atoms with Crippen molar-refractivity contribution in [2.45, 2.75) is 33.2 Å². The van der Waals surface area contributed by atoms with Crippen LogP contribution in [0.5, 0.6) is 11.5 Å². The predicted molar refractivity (Wildman–Crippen MR) is 95.5 cm³/mol. The van der Waals surface area contributed by atoms with Gasteiger partial charge in [-0.15, -0.1) is 0 Å². The normalized spacial score (nSPS) is 15.6. The van der Waals surface area contributed by atoms with Crippen LogP contribution in [-0.4, -0.2) is 56.1 Å². The van der Waals surface area contributed by atoms with E-state index in [4.69, 9.17) is 9.47 Å². The van der Waals surface area contributed by atoms with E-state index in [1.54, 1.807) is 14.2 Å². The Morgan fingerprint density at radius 2 is 1.83 bits per heavy atom. The maximum Gasteiger partial charge on any atom is 0.222 e. The van der Waals surface area contributed by atoms with E-state index in [2.05, 4.69) is 18.7 Å². The van der Waals surface area contributed by atoms with E-state index < -0.39 is 0 Å². The number of rotatable bonds is 7. The number of nitrogens with zero attached hydrogens (tertiary/aromatic N) is 2. The zero-order valence-corrected chi connectivity index (χ0v) is 15.4. The highest BCUT2D eigenvalue weighted by Gasteiger charge is 2.21. The SMILES string of the molecule is COc1ccc(OC)c(CN2CCN(C(=O)CCC(C)C)CC2)c1. The number of methoxy groups -OCH3 is 2. The first-order valence-corrected chi connectivity index (χ1v) is 8.74. The van der Waals surface area contributed by atoms with E-state index in [0.717, 1.165) is 56.2 Å². The number of benzene rings is 1. The summed E-state index contributed by atoms with van der Waals surface area (Å²) in [4.78, 5) is 16.6. The van der Waals surface area contributed by atoms with Crippen molar-refractivity contribution in [3.63, 3.8) is 0 Å². The molecule has 1 saturated heterocycles. The second-order valence-corrected chi connectivity index (χ2v) is 6.77. The van der Waals surface area contributed by atoms with Crippen molar-refractivity contribution in [3.8, 4) is 11.5 Å². The Kier molecular flexibility index (Phi) is 6.91. The minimum absolute atomic E-state index is 0.294. The average Bonchev–Trinajstić information content (AvgIpc) is 2.60. The fourth-order valence-electron chi connectivity index (χ4n) is 2.97. The van der Waals surface area contributed by atoms with Crippen LogP contribution >= 0.6 is 0 Å². The second kappa shape index (κ2) is 8.92. The van der Waals surface area contributed by atoms with Gasteiger partial charge >= 0.3 is 0 Å². The molecule has 0 unspecified atom stereocenters. The summed E-state index contributed by atoms with van der Waals surface area (Å²) in [5.41, 5.74) is 1.12. The standard InChI is InChI=1S/C19H30N2O3/c1-15(2)5-8-19(22)21-11-9-20(10-12-21)14-16-13-17(23-3)6-7-18(16)24-4/h6-7,13,15H,5,8-12,14H2,1-4H3. The van der Waals surface area contributed by atoms with Crippen LogP contribution in [0.2, 0.25) is 0 Å². The molecular formula is C19H30N2O3. The van der Waals surface area contributed by atoms with Gasteiger partial charge in [-0.25, -0.2) is 0 Å². The summed E-state index contributed by atoms with van der Waals surface area (Å²) in [7, 11) is 3.36. The highest BCUT2D eigenvalue weighted by atomic mass is 16.5.